The first kappa shape index (κ1) is 14.1. The maximum absolute atomic E-state index is 10.9. The SMILES string of the molecule is CCC(C)(C#N)C(C)(O)c1ccc2c(c1)CCCC2. The lowest BCUT2D eigenvalue weighted by atomic mass is 9.69. The summed E-state index contributed by atoms with van der Waals surface area (Å²) in [5.41, 5.74) is 1.76. The van der Waals surface area contributed by atoms with Crippen LogP contribution in [-0.2, 0) is 18.4 Å². The summed E-state index contributed by atoms with van der Waals surface area (Å²) >= 11 is 0. The summed E-state index contributed by atoms with van der Waals surface area (Å²) in [6, 6.07) is 8.53. The van der Waals surface area contributed by atoms with Crippen molar-refractivity contribution in [2.24, 2.45) is 5.41 Å². The predicted octanol–water partition coefficient (Wildman–Crippen LogP) is 3.71. The van der Waals surface area contributed by atoms with E-state index in [1.807, 2.05) is 19.9 Å². The van der Waals surface area contributed by atoms with Crippen molar-refractivity contribution in [1.29, 1.82) is 5.26 Å². The Kier molecular flexibility index (Phi) is 3.69. The fraction of sp³-hybridized carbons (Fsp3) is 0.588. The Morgan fingerprint density at radius 2 is 1.84 bits per heavy atom. The Balaban J connectivity index is 2.44. The van der Waals surface area contributed by atoms with Gasteiger partial charge in [0.2, 0.25) is 0 Å². The van der Waals surface area contributed by atoms with Crippen molar-refractivity contribution in [2.45, 2.75) is 58.5 Å². The molecule has 19 heavy (non-hydrogen) atoms. The predicted molar refractivity (Wildman–Crippen MR) is 76.7 cm³/mol. The first-order valence-corrected chi connectivity index (χ1v) is 7.20. The summed E-state index contributed by atoms with van der Waals surface area (Å²) in [4.78, 5) is 0. The van der Waals surface area contributed by atoms with Gasteiger partial charge < -0.3 is 5.11 Å². The summed E-state index contributed by atoms with van der Waals surface area (Å²) in [6.45, 7) is 5.56. The number of aliphatic hydroxyl groups is 1. The second kappa shape index (κ2) is 4.98. The van der Waals surface area contributed by atoms with E-state index in [4.69, 9.17) is 0 Å². The molecule has 0 amide bonds. The molecule has 1 aliphatic rings. The lowest BCUT2D eigenvalue weighted by Crippen LogP contribution is -2.40. The summed E-state index contributed by atoms with van der Waals surface area (Å²) in [5, 5.41) is 20.3. The number of hydrogen-bond acceptors (Lipinski definition) is 2. The largest absolute Gasteiger partial charge is 0.384 e. The van der Waals surface area contributed by atoms with Gasteiger partial charge in [0.25, 0.3) is 0 Å². The van der Waals surface area contributed by atoms with Crippen molar-refractivity contribution in [1.82, 2.24) is 0 Å². The van der Waals surface area contributed by atoms with Crippen LogP contribution in [0.25, 0.3) is 0 Å². The van der Waals surface area contributed by atoms with Crippen LogP contribution in [0.5, 0.6) is 0 Å². The van der Waals surface area contributed by atoms with E-state index in [1.54, 1.807) is 6.92 Å². The molecule has 0 saturated heterocycles. The molecule has 1 N–H and O–H groups in total. The molecule has 1 aromatic rings. The number of hydrogen-bond donors (Lipinski definition) is 1. The minimum absolute atomic E-state index is 0.633. The van der Waals surface area contributed by atoms with Crippen molar-refractivity contribution in [3.05, 3.63) is 34.9 Å². The molecule has 102 valence electrons. The third kappa shape index (κ3) is 2.28. The van der Waals surface area contributed by atoms with Crippen LogP contribution in [-0.4, -0.2) is 5.11 Å². The Morgan fingerprint density at radius 1 is 1.21 bits per heavy atom. The Hall–Kier alpha value is -1.33. The van der Waals surface area contributed by atoms with E-state index in [-0.39, 0.29) is 0 Å². The van der Waals surface area contributed by atoms with E-state index in [9.17, 15) is 10.4 Å². The summed E-state index contributed by atoms with van der Waals surface area (Å²) in [7, 11) is 0. The van der Waals surface area contributed by atoms with Gasteiger partial charge in [-0.25, -0.2) is 0 Å². The van der Waals surface area contributed by atoms with Gasteiger partial charge in [0.05, 0.1) is 11.5 Å². The van der Waals surface area contributed by atoms with E-state index in [0.717, 1.165) is 18.4 Å². The molecule has 2 unspecified atom stereocenters. The summed E-state index contributed by atoms with van der Waals surface area (Å²) in [6.07, 6.45) is 5.35. The van der Waals surface area contributed by atoms with Crippen LogP contribution >= 0.6 is 0 Å². The van der Waals surface area contributed by atoms with E-state index in [1.165, 1.54) is 24.0 Å². The Morgan fingerprint density at radius 3 is 2.42 bits per heavy atom. The molecule has 0 spiro atoms. The number of nitrogens with zero attached hydrogens (tertiary/aromatic N) is 1. The molecule has 1 aromatic carbocycles. The maximum Gasteiger partial charge on any atom is 0.105 e. The van der Waals surface area contributed by atoms with Crippen molar-refractivity contribution >= 4 is 0 Å². The molecular weight excluding hydrogens is 234 g/mol. The summed E-state index contributed by atoms with van der Waals surface area (Å²) < 4.78 is 0. The standard InChI is InChI=1S/C17H23NO/c1-4-16(2,12-18)17(3,19)15-10-9-13-7-5-6-8-14(13)11-15/h9-11,19H,4-8H2,1-3H3. The van der Waals surface area contributed by atoms with Gasteiger partial charge in [0, 0.05) is 0 Å². The van der Waals surface area contributed by atoms with Crippen molar-refractivity contribution in [2.75, 3.05) is 0 Å². The molecule has 0 aromatic heterocycles. The van der Waals surface area contributed by atoms with Gasteiger partial charge in [-0.15, -0.1) is 0 Å². The quantitative estimate of drug-likeness (QED) is 0.897. The van der Waals surface area contributed by atoms with E-state index in [0.29, 0.717) is 6.42 Å². The zero-order chi connectivity index (χ0) is 14.1. The highest BCUT2D eigenvalue weighted by molar-refractivity contribution is 5.38. The maximum atomic E-state index is 10.9. The van der Waals surface area contributed by atoms with Gasteiger partial charge in [-0.2, -0.15) is 5.26 Å². The van der Waals surface area contributed by atoms with Crippen LogP contribution in [0.2, 0.25) is 0 Å². The first-order chi connectivity index (χ1) is 8.94. The third-order valence-corrected chi connectivity index (χ3v) is 4.94. The highest BCUT2D eigenvalue weighted by Gasteiger charge is 2.43. The molecule has 1 aliphatic carbocycles. The zero-order valence-corrected chi connectivity index (χ0v) is 12.2. The highest BCUT2D eigenvalue weighted by atomic mass is 16.3. The molecular formula is C17H23NO. The highest BCUT2D eigenvalue weighted by Crippen LogP contribution is 2.42. The van der Waals surface area contributed by atoms with Crippen LogP contribution in [0, 0.1) is 16.7 Å². The normalized spacial score (nSPS) is 20.8. The topological polar surface area (TPSA) is 44.0 Å². The molecule has 0 bridgehead atoms. The number of benzene rings is 1. The smallest absolute Gasteiger partial charge is 0.105 e. The van der Waals surface area contributed by atoms with Crippen molar-refractivity contribution in [3.8, 4) is 6.07 Å². The minimum atomic E-state index is -1.11. The number of rotatable bonds is 3. The van der Waals surface area contributed by atoms with Crippen molar-refractivity contribution < 1.29 is 5.11 Å². The van der Waals surface area contributed by atoms with Crippen LogP contribution in [0.15, 0.2) is 18.2 Å². The average Bonchev–Trinajstić information content (AvgIpc) is 2.45. The molecule has 2 nitrogen and oxygen atoms in total. The Labute approximate surface area is 116 Å². The second-order valence-corrected chi connectivity index (χ2v) is 6.06. The van der Waals surface area contributed by atoms with Crippen LogP contribution in [0.3, 0.4) is 0 Å². The molecule has 2 atom stereocenters. The van der Waals surface area contributed by atoms with Gasteiger partial charge in [-0.05, 0) is 62.6 Å². The van der Waals surface area contributed by atoms with Gasteiger partial charge in [-0.3, -0.25) is 0 Å². The number of fused-ring (bicyclic) bond motifs is 1. The molecule has 0 fully saturated rings. The fourth-order valence-electron chi connectivity index (χ4n) is 2.89. The minimum Gasteiger partial charge on any atom is -0.384 e. The second-order valence-electron chi connectivity index (χ2n) is 6.06. The van der Waals surface area contributed by atoms with E-state index in [2.05, 4.69) is 18.2 Å². The molecule has 0 radical (unpaired) electrons. The van der Waals surface area contributed by atoms with Crippen LogP contribution in [0.4, 0.5) is 0 Å². The van der Waals surface area contributed by atoms with Gasteiger partial charge in [-0.1, -0.05) is 25.1 Å². The van der Waals surface area contributed by atoms with Gasteiger partial charge in [0.15, 0.2) is 0 Å². The van der Waals surface area contributed by atoms with Gasteiger partial charge >= 0.3 is 0 Å². The molecule has 2 heteroatoms. The monoisotopic (exact) mass is 257 g/mol. The average molecular weight is 257 g/mol. The fourth-order valence-corrected chi connectivity index (χ4v) is 2.89. The molecule has 0 aliphatic heterocycles. The molecule has 0 heterocycles. The number of aryl methyl sites for hydroxylation is 2. The van der Waals surface area contributed by atoms with Crippen LogP contribution < -0.4 is 0 Å². The lowest BCUT2D eigenvalue weighted by Gasteiger charge is -2.38. The molecule has 0 saturated carbocycles. The molecule has 2 rings (SSSR count). The van der Waals surface area contributed by atoms with E-state index >= 15 is 0 Å². The lowest BCUT2D eigenvalue weighted by molar-refractivity contribution is -0.0380. The third-order valence-electron chi connectivity index (χ3n) is 4.94. The summed E-state index contributed by atoms with van der Waals surface area (Å²) in [5.74, 6) is 0. The van der Waals surface area contributed by atoms with E-state index < -0.39 is 11.0 Å². The van der Waals surface area contributed by atoms with Crippen LogP contribution in [0.1, 0.15) is 56.7 Å². The van der Waals surface area contributed by atoms with Gasteiger partial charge in [0.1, 0.15) is 5.60 Å². The Bertz CT molecular complexity index is 512. The number of nitriles is 1. The first-order valence-electron chi connectivity index (χ1n) is 7.20. The zero-order valence-electron chi connectivity index (χ0n) is 12.2. The van der Waals surface area contributed by atoms with Crippen molar-refractivity contribution in [3.63, 3.8) is 0 Å².